The van der Waals surface area contributed by atoms with E-state index >= 15 is 0 Å². The fourth-order valence-corrected chi connectivity index (χ4v) is 2.05. The highest BCUT2D eigenvalue weighted by Gasteiger charge is 2.28. The van der Waals surface area contributed by atoms with Crippen LogP contribution in [0.2, 0.25) is 0 Å². The average molecular weight is 230 g/mol. The van der Waals surface area contributed by atoms with Crippen LogP contribution in [0.1, 0.15) is 19.4 Å². The Labute approximate surface area is 101 Å². The third-order valence-electron chi connectivity index (χ3n) is 3.55. The van der Waals surface area contributed by atoms with Crippen molar-refractivity contribution in [2.75, 3.05) is 7.05 Å². The van der Waals surface area contributed by atoms with Crippen LogP contribution < -0.4 is 5.32 Å². The molecule has 0 aliphatic heterocycles. The lowest BCUT2D eigenvalue weighted by molar-refractivity contribution is -0.122. The molecule has 17 heavy (non-hydrogen) atoms. The molecule has 2 rings (SSSR count). The van der Waals surface area contributed by atoms with E-state index in [1.807, 2.05) is 38.4 Å². The molecule has 1 atom stereocenters. The predicted molar refractivity (Wildman–Crippen MR) is 70.1 cm³/mol. The summed E-state index contributed by atoms with van der Waals surface area (Å²) in [6, 6.07) is 8.15. The van der Waals surface area contributed by atoms with Gasteiger partial charge in [0.2, 0.25) is 0 Å². The molecule has 0 fully saturated rings. The van der Waals surface area contributed by atoms with Gasteiger partial charge in [-0.05, 0) is 38.9 Å². The van der Waals surface area contributed by atoms with Crippen molar-refractivity contribution in [1.29, 1.82) is 0 Å². The number of fused-ring (bicyclic) bond motifs is 1. The summed E-state index contributed by atoms with van der Waals surface area (Å²) in [5, 5.41) is 4.31. The van der Waals surface area contributed by atoms with Gasteiger partial charge in [-0.1, -0.05) is 18.2 Å². The van der Waals surface area contributed by atoms with Gasteiger partial charge in [-0.2, -0.15) is 0 Å². The molecule has 2 N–H and O–H groups in total. The number of likely N-dealkylation sites (N-methyl/N-ethyl adjacent to an activating group) is 1. The molecule has 0 radical (unpaired) electrons. The van der Waals surface area contributed by atoms with Crippen molar-refractivity contribution in [3.05, 3.63) is 36.0 Å². The van der Waals surface area contributed by atoms with E-state index in [2.05, 4.69) is 16.4 Å². The lowest BCUT2D eigenvalue weighted by Crippen LogP contribution is -2.48. The zero-order valence-corrected chi connectivity index (χ0v) is 10.5. The summed E-state index contributed by atoms with van der Waals surface area (Å²) in [4.78, 5) is 14.9. The van der Waals surface area contributed by atoms with Crippen molar-refractivity contribution in [2.45, 2.75) is 25.8 Å². The maximum atomic E-state index is 11.7. The van der Waals surface area contributed by atoms with Gasteiger partial charge in [-0.3, -0.25) is 4.79 Å². The maximum absolute atomic E-state index is 11.7. The van der Waals surface area contributed by atoms with Gasteiger partial charge >= 0.3 is 0 Å². The zero-order valence-electron chi connectivity index (χ0n) is 10.5. The second-order valence-electron chi connectivity index (χ2n) is 4.67. The number of hydrogen-bond acceptors (Lipinski definition) is 2. The van der Waals surface area contributed by atoms with Gasteiger partial charge < -0.3 is 10.3 Å². The largest absolute Gasteiger partial charge is 0.361 e. The Hall–Kier alpha value is -1.61. The molecular formula is C14H18N2O. The van der Waals surface area contributed by atoms with Crippen LogP contribution in [0, 0.1) is 0 Å². The summed E-state index contributed by atoms with van der Waals surface area (Å²) in [5.74, 6) is 0.158. The van der Waals surface area contributed by atoms with Crippen molar-refractivity contribution in [1.82, 2.24) is 10.3 Å². The number of benzene rings is 1. The molecule has 1 aromatic carbocycles. The molecule has 90 valence electrons. The Morgan fingerprint density at radius 2 is 2.12 bits per heavy atom. The number of para-hydroxylation sites is 1. The highest BCUT2D eigenvalue weighted by Crippen LogP contribution is 2.22. The van der Waals surface area contributed by atoms with Crippen molar-refractivity contribution < 1.29 is 4.79 Å². The van der Waals surface area contributed by atoms with E-state index in [1.54, 1.807) is 6.92 Å². The van der Waals surface area contributed by atoms with E-state index < -0.39 is 5.54 Å². The van der Waals surface area contributed by atoms with Crippen LogP contribution in [0.5, 0.6) is 0 Å². The average Bonchev–Trinajstić information content (AvgIpc) is 2.72. The lowest BCUT2D eigenvalue weighted by atomic mass is 9.89. The van der Waals surface area contributed by atoms with E-state index in [4.69, 9.17) is 0 Å². The molecule has 1 heterocycles. The van der Waals surface area contributed by atoms with Gasteiger partial charge in [-0.15, -0.1) is 0 Å². The number of ketones is 1. The van der Waals surface area contributed by atoms with Gasteiger partial charge in [0.15, 0.2) is 0 Å². The van der Waals surface area contributed by atoms with Crippen LogP contribution in [-0.2, 0) is 11.2 Å². The molecule has 2 aromatic rings. The molecule has 0 saturated heterocycles. The van der Waals surface area contributed by atoms with Crippen LogP contribution in [0.25, 0.3) is 10.9 Å². The molecule has 0 bridgehead atoms. The molecule has 0 aliphatic rings. The first kappa shape index (κ1) is 11.9. The van der Waals surface area contributed by atoms with Gasteiger partial charge in [0.25, 0.3) is 0 Å². The lowest BCUT2D eigenvalue weighted by Gasteiger charge is -2.25. The monoisotopic (exact) mass is 230 g/mol. The van der Waals surface area contributed by atoms with Gasteiger partial charge in [0, 0.05) is 17.1 Å². The molecule has 1 unspecified atom stereocenters. The third-order valence-corrected chi connectivity index (χ3v) is 3.55. The summed E-state index contributed by atoms with van der Waals surface area (Å²) in [6.45, 7) is 3.57. The topological polar surface area (TPSA) is 44.9 Å². The Morgan fingerprint density at radius 3 is 2.76 bits per heavy atom. The number of aromatic nitrogens is 1. The van der Waals surface area contributed by atoms with Crippen LogP contribution in [0.15, 0.2) is 30.5 Å². The minimum absolute atomic E-state index is 0.158. The molecule has 0 saturated carbocycles. The predicted octanol–water partition coefficient (Wildman–Crippen LogP) is 2.28. The van der Waals surface area contributed by atoms with Gasteiger partial charge in [-0.25, -0.2) is 0 Å². The SMILES string of the molecule is CNC(C)(Cc1c[nH]c2ccccc12)C(C)=O. The standard InChI is InChI=1S/C14H18N2O/c1-10(17)14(2,15-3)8-11-9-16-13-7-5-4-6-12(11)13/h4-7,9,15-16H,8H2,1-3H3. The molecular weight excluding hydrogens is 212 g/mol. The fraction of sp³-hybridized carbons (Fsp3) is 0.357. The van der Waals surface area contributed by atoms with Crippen molar-refractivity contribution in [3.8, 4) is 0 Å². The Bertz CT molecular complexity index is 544. The van der Waals surface area contributed by atoms with E-state index in [0.29, 0.717) is 6.42 Å². The smallest absolute Gasteiger partial charge is 0.149 e. The maximum Gasteiger partial charge on any atom is 0.149 e. The normalized spacial score (nSPS) is 14.8. The quantitative estimate of drug-likeness (QED) is 0.846. The third kappa shape index (κ3) is 2.11. The number of aromatic amines is 1. The molecule has 1 aromatic heterocycles. The summed E-state index contributed by atoms with van der Waals surface area (Å²) >= 11 is 0. The Kier molecular flexibility index (Phi) is 3.03. The highest BCUT2D eigenvalue weighted by molar-refractivity contribution is 5.88. The summed E-state index contributed by atoms with van der Waals surface area (Å²) in [7, 11) is 1.83. The minimum Gasteiger partial charge on any atom is -0.361 e. The first-order valence-corrected chi connectivity index (χ1v) is 5.82. The van der Waals surface area contributed by atoms with Crippen LogP contribution in [0.4, 0.5) is 0 Å². The summed E-state index contributed by atoms with van der Waals surface area (Å²) < 4.78 is 0. The van der Waals surface area contributed by atoms with Gasteiger partial charge in [0.05, 0.1) is 5.54 Å². The second kappa shape index (κ2) is 4.34. The molecule has 3 nitrogen and oxygen atoms in total. The Balaban J connectivity index is 2.38. The van der Waals surface area contributed by atoms with E-state index in [-0.39, 0.29) is 5.78 Å². The minimum atomic E-state index is -0.495. The zero-order chi connectivity index (χ0) is 12.5. The summed E-state index contributed by atoms with van der Waals surface area (Å²) in [6.07, 6.45) is 2.69. The van der Waals surface area contributed by atoms with Crippen LogP contribution >= 0.6 is 0 Å². The van der Waals surface area contributed by atoms with E-state index in [0.717, 1.165) is 5.52 Å². The number of rotatable bonds is 4. The number of Topliss-reactive ketones (excluding diaryl/α,β-unsaturated/α-hetero) is 1. The van der Waals surface area contributed by atoms with Crippen LogP contribution in [-0.4, -0.2) is 23.4 Å². The molecule has 0 spiro atoms. The molecule has 3 heteroatoms. The van der Waals surface area contributed by atoms with Crippen molar-refractivity contribution in [2.24, 2.45) is 0 Å². The first-order valence-electron chi connectivity index (χ1n) is 5.82. The van der Waals surface area contributed by atoms with Crippen LogP contribution in [0.3, 0.4) is 0 Å². The van der Waals surface area contributed by atoms with E-state index in [1.165, 1.54) is 10.9 Å². The first-order chi connectivity index (χ1) is 8.07. The number of carbonyl (C=O) groups is 1. The number of nitrogens with one attached hydrogen (secondary N) is 2. The highest BCUT2D eigenvalue weighted by atomic mass is 16.1. The number of H-pyrrole nitrogens is 1. The molecule has 0 aliphatic carbocycles. The summed E-state index contributed by atoms with van der Waals surface area (Å²) in [5.41, 5.74) is 1.79. The van der Waals surface area contributed by atoms with Gasteiger partial charge in [0.1, 0.15) is 5.78 Å². The number of hydrogen-bond donors (Lipinski definition) is 2. The fourth-order valence-electron chi connectivity index (χ4n) is 2.05. The Morgan fingerprint density at radius 1 is 1.41 bits per heavy atom. The van der Waals surface area contributed by atoms with E-state index in [9.17, 15) is 4.79 Å². The second-order valence-corrected chi connectivity index (χ2v) is 4.67. The van der Waals surface area contributed by atoms with Crippen molar-refractivity contribution >= 4 is 16.7 Å². The molecule has 0 amide bonds. The number of carbonyl (C=O) groups excluding carboxylic acids is 1. The van der Waals surface area contributed by atoms with Crippen molar-refractivity contribution in [3.63, 3.8) is 0 Å².